The molecule has 2 aromatic heterocycles. The molecule has 0 unspecified atom stereocenters. The molecule has 1 aliphatic rings. The van der Waals surface area contributed by atoms with Gasteiger partial charge >= 0.3 is 0 Å². The highest BCUT2D eigenvalue weighted by molar-refractivity contribution is 7.16. The third-order valence-corrected chi connectivity index (χ3v) is 4.66. The summed E-state index contributed by atoms with van der Waals surface area (Å²) in [5.74, 6) is 1.54. The van der Waals surface area contributed by atoms with Gasteiger partial charge in [-0.05, 0) is 24.3 Å². The van der Waals surface area contributed by atoms with Crippen LogP contribution in [0.5, 0.6) is 0 Å². The molecule has 0 aliphatic heterocycles. The van der Waals surface area contributed by atoms with Crippen LogP contribution in [0.2, 0.25) is 0 Å². The number of thiophene rings is 1. The number of nitrogens with zero attached hydrogens (tertiary/aromatic N) is 2. The molecule has 2 N–H and O–H groups in total. The predicted octanol–water partition coefficient (Wildman–Crippen LogP) is 3.49. The lowest BCUT2D eigenvalue weighted by Gasteiger charge is -2.22. The first-order chi connectivity index (χ1) is 10.4. The summed E-state index contributed by atoms with van der Waals surface area (Å²) < 4.78 is 5.94. The van der Waals surface area contributed by atoms with Crippen LogP contribution in [0.1, 0.15) is 32.1 Å². The fourth-order valence-corrected chi connectivity index (χ4v) is 3.49. The molecule has 2 heterocycles. The average molecular weight is 306 g/mol. The Labute approximate surface area is 129 Å². The molecule has 6 heteroatoms. The number of anilines is 2. The smallest absolute Gasteiger partial charge is 0.225 e. The van der Waals surface area contributed by atoms with Crippen molar-refractivity contribution < 1.29 is 4.74 Å². The highest BCUT2D eigenvalue weighted by atomic mass is 32.1. The summed E-state index contributed by atoms with van der Waals surface area (Å²) in [7, 11) is 1.84. The molecule has 1 fully saturated rings. The average Bonchev–Trinajstić information content (AvgIpc) is 3.00. The summed E-state index contributed by atoms with van der Waals surface area (Å²) >= 11 is 1.63. The molecule has 0 amide bonds. The van der Waals surface area contributed by atoms with Gasteiger partial charge in [-0.2, -0.15) is 4.98 Å². The molecular formula is C15H22N4OS. The fourth-order valence-electron chi connectivity index (χ4n) is 2.73. The zero-order chi connectivity index (χ0) is 14.5. The van der Waals surface area contributed by atoms with Crippen molar-refractivity contribution in [3.05, 3.63) is 11.4 Å². The summed E-state index contributed by atoms with van der Waals surface area (Å²) in [6, 6.07) is 2.06. The molecule has 21 heavy (non-hydrogen) atoms. The summed E-state index contributed by atoms with van der Waals surface area (Å²) in [5.41, 5.74) is 0. The van der Waals surface area contributed by atoms with E-state index in [1.807, 2.05) is 12.4 Å². The van der Waals surface area contributed by atoms with E-state index in [9.17, 15) is 0 Å². The van der Waals surface area contributed by atoms with Gasteiger partial charge in [-0.15, -0.1) is 11.3 Å². The van der Waals surface area contributed by atoms with Crippen LogP contribution in [0, 0.1) is 0 Å². The minimum atomic E-state index is 0.458. The van der Waals surface area contributed by atoms with E-state index in [-0.39, 0.29) is 0 Å². The molecule has 2 aromatic rings. The topological polar surface area (TPSA) is 59.1 Å². The van der Waals surface area contributed by atoms with Crippen LogP contribution in [0.4, 0.5) is 11.8 Å². The van der Waals surface area contributed by atoms with Gasteiger partial charge < -0.3 is 15.4 Å². The summed E-state index contributed by atoms with van der Waals surface area (Å²) in [6.45, 7) is 1.51. The van der Waals surface area contributed by atoms with Crippen LogP contribution >= 0.6 is 11.3 Å². The van der Waals surface area contributed by atoms with Gasteiger partial charge in [0.25, 0.3) is 0 Å². The minimum absolute atomic E-state index is 0.458. The third kappa shape index (κ3) is 3.63. The Morgan fingerprint density at radius 3 is 2.95 bits per heavy atom. The number of ether oxygens (including phenoxy) is 1. The summed E-state index contributed by atoms with van der Waals surface area (Å²) in [4.78, 5) is 9.94. The maximum atomic E-state index is 5.94. The number of hydrogen-bond donors (Lipinski definition) is 2. The van der Waals surface area contributed by atoms with Gasteiger partial charge in [0.1, 0.15) is 10.6 Å². The number of hydrogen-bond acceptors (Lipinski definition) is 6. The fraction of sp³-hybridized carbons (Fsp3) is 0.600. The molecule has 0 saturated heterocycles. The molecule has 1 saturated carbocycles. The Bertz CT molecular complexity index is 580. The lowest BCUT2D eigenvalue weighted by atomic mass is 9.98. The second kappa shape index (κ2) is 7.04. The number of nitrogens with one attached hydrogen (secondary N) is 2. The Kier molecular flexibility index (Phi) is 4.87. The Hall–Kier alpha value is -1.40. The van der Waals surface area contributed by atoms with Gasteiger partial charge in [0, 0.05) is 13.6 Å². The van der Waals surface area contributed by atoms with Gasteiger partial charge in [0.15, 0.2) is 0 Å². The highest BCUT2D eigenvalue weighted by Crippen LogP contribution is 2.26. The standard InChI is InChI=1S/C15H22N4OS/c1-16-15-18-13(12-7-10-21-14(12)19-15)17-8-9-20-11-5-3-2-4-6-11/h7,10-11H,2-6,8-9H2,1H3,(H2,16,17,18,19). The van der Waals surface area contributed by atoms with Gasteiger partial charge in [-0.3, -0.25) is 0 Å². The Morgan fingerprint density at radius 2 is 2.14 bits per heavy atom. The molecule has 0 spiro atoms. The summed E-state index contributed by atoms with van der Waals surface area (Å²) in [6.07, 6.45) is 6.87. The van der Waals surface area contributed by atoms with E-state index in [4.69, 9.17) is 4.74 Å². The SMILES string of the molecule is CNc1nc(NCCOC2CCCCC2)c2ccsc2n1. The van der Waals surface area contributed by atoms with E-state index in [0.717, 1.165) is 29.2 Å². The molecular weight excluding hydrogens is 284 g/mol. The van der Waals surface area contributed by atoms with Crippen molar-refractivity contribution in [2.75, 3.05) is 30.8 Å². The number of aromatic nitrogens is 2. The maximum absolute atomic E-state index is 5.94. The molecule has 5 nitrogen and oxygen atoms in total. The van der Waals surface area contributed by atoms with Crippen LogP contribution in [0.15, 0.2) is 11.4 Å². The van der Waals surface area contributed by atoms with E-state index < -0.39 is 0 Å². The molecule has 114 valence electrons. The number of rotatable bonds is 6. The van der Waals surface area contributed by atoms with E-state index in [1.165, 1.54) is 32.1 Å². The van der Waals surface area contributed by atoms with Crippen molar-refractivity contribution in [1.29, 1.82) is 0 Å². The van der Waals surface area contributed by atoms with E-state index in [1.54, 1.807) is 11.3 Å². The zero-order valence-electron chi connectivity index (χ0n) is 12.4. The number of fused-ring (bicyclic) bond motifs is 1. The largest absolute Gasteiger partial charge is 0.376 e. The first kappa shape index (κ1) is 14.5. The zero-order valence-corrected chi connectivity index (χ0v) is 13.2. The van der Waals surface area contributed by atoms with Crippen molar-refractivity contribution in [1.82, 2.24) is 9.97 Å². The molecule has 1 aliphatic carbocycles. The molecule has 0 bridgehead atoms. The van der Waals surface area contributed by atoms with Crippen molar-refractivity contribution in [2.45, 2.75) is 38.2 Å². The van der Waals surface area contributed by atoms with Gasteiger partial charge in [-0.1, -0.05) is 19.3 Å². The second-order valence-corrected chi connectivity index (χ2v) is 6.24. The van der Waals surface area contributed by atoms with Crippen LogP contribution in [-0.4, -0.2) is 36.3 Å². The van der Waals surface area contributed by atoms with Crippen LogP contribution in [-0.2, 0) is 4.74 Å². The van der Waals surface area contributed by atoms with Crippen molar-refractivity contribution in [2.24, 2.45) is 0 Å². The van der Waals surface area contributed by atoms with E-state index >= 15 is 0 Å². The first-order valence-electron chi connectivity index (χ1n) is 7.65. The first-order valence-corrected chi connectivity index (χ1v) is 8.53. The lowest BCUT2D eigenvalue weighted by molar-refractivity contribution is 0.0347. The van der Waals surface area contributed by atoms with Crippen molar-refractivity contribution >= 4 is 33.3 Å². The lowest BCUT2D eigenvalue weighted by Crippen LogP contribution is -2.20. The monoisotopic (exact) mass is 306 g/mol. The highest BCUT2D eigenvalue weighted by Gasteiger charge is 2.13. The molecule has 0 radical (unpaired) electrons. The maximum Gasteiger partial charge on any atom is 0.225 e. The van der Waals surface area contributed by atoms with Crippen LogP contribution in [0.3, 0.4) is 0 Å². The van der Waals surface area contributed by atoms with Gasteiger partial charge in [0.2, 0.25) is 5.95 Å². The molecule has 0 aromatic carbocycles. The van der Waals surface area contributed by atoms with Crippen molar-refractivity contribution in [3.8, 4) is 0 Å². The van der Waals surface area contributed by atoms with Crippen molar-refractivity contribution in [3.63, 3.8) is 0 Å². The Morgan fingerprint density at radius 1 is 1.29 bits per heavy atom. The van der Waals surface area contributed by atoms with Crippen LogP contribution < -0.4 is 10.6 Å². The molecule has 0 atom stereocenters. The predicted molar refractivity (Wildman–Crippen MR) is 88.3 cm³/mol. The van der Waals surface area contributed by atoms with Crippen LogP contribution in [0.25, 0.3) is 10.2 Å². The normalized spacial score (nSPS) is 16.2. The van der Waals surface area contributed by atoms with E-state index in [0.29, 0.717) is 12.1 Å². The quantitative estimate of drug-likeness (QED) is 0.800. The van der Waals surface area contributed by atoms with Gasteiger partial charge in [0.05, 0.1) is 18.1 Å². The van der Waals surface area contributed by atoms with Gasteiger partial charge in [-0.25, -0.2) is 4.98 Å². The Balaban J connectivity index is 1.55. The summed E-state index contributed by atoms with van der Waals surface area (Å²) in [5, 5.41) is 9.51. The van der Waals surface area contributed by atoms with E-state index in [2.05, 4.69) is 26.7 Å². The third-order valence-electron chi connectivity index (χ3n) is 3.85. The molecule has 3 rings (SSSR count). The second-order valence-electron chi connectivity index (χ2n) is 5.34. The minimum Gasteiger partial charge on any atom is -0.376 e.